The number of hydrogen-bond donors (Lipinski definition) is 6. The summed E-state index contributed by atoms with van der Waals surface area (Å²) in [5, 5.41) is 24.3. The molecule has 0 saturated heterocycles. The first-order valence-electron chi connectivity index (χ1n) is 14.8. The van der Waals surface area contributed by atoms with Crippen LogP contribution in [0.25, 0.3) is 22.4 Å². The Kier molecular flexibility index (Phi) is 15.2. The molecule has 1 unspecified atom stereocenters. The number of anilines is 1. The maximum atomic E-state index is 12.5. The fraction of sp³-hybridized carbons (Fsp3) is 0.333. The molecule has 0 saturated carbocycles. The highest BCUT2D eigenvalue weighted by atomic mass is 19.4. The van der Waals surface area contributed by atoms with Crippen molar-refractivity contribution >= 4 is 40.9 Å². The Morgan fingerprint density at radius 2 is 1.45 bits per heavy atom. The maximum Gasteiger partial charge on any atom is 0.490 e. The van der Waals surface area contributed by atoms with Crippen molar-refractivity contribution in [1.29, 1.82) is 0 Å². The number of H-pyrrole nitrogens is 1. The Hall–Kier alpha value is -6.27. The summed E-state index contributed by atoms with van der Waals surface area (Å²) in [5.41, 5.74) is 10.3. The summed E-state index contributed by atoms with van der Waals surface area (Å²) in [4.78, 5) is 62.0. The lowest BCUT2D eigenvalue weighted by atomic mass is 9.94. The molecule has 0 aliphatic carbocycles. The SMILES string of the molecule is CN(C)CCNC(=O)c1ccc2c(c1)CC(c1nc3ncc(-c4ccnc(N)n4)cc3[nH]1)CO2.O=C(O)C(F)(F)F.O=C(O)C(F)(F)F.O=C(O)C(F)(F)F. The van der Waals surface area contributed by atoms with Crippen molar-refractivity contribution in [2.24, 2.45) is 0 Å². The van der Waals surface area contributed by atoms with Crippen LogP contribution in [0.3, 0.4) is 0 Å². The number of carboxylic acid groups (broad SMARTS) is 3. The molecule has 4 aromatic rings. The number of ether oxygens (including phenoxy) is 1. The summed E-state index contributed by atoms with van der Waals surface area (Å²) in [5.74, 6) is -6.52. The van der Waals surface area contributed by atoms with Crippen molar-refractivity contribution in [2.75, 3.05) is 39.5 Å². The van der Waals surface area contributed by atoms with Crippen molar-refractivity contribution < 1.29 is 78.7 Å². The first-order chi connectivity index (χ1) is 25.3. The number of imidazole rings is 1. The third-order valence-electron chi connectivity index (χ3n) is 6.51. The van der Waals surface area contributed by atoms with Gasteiger partial charge < -0.3 is 41.0 Å². The lowest BCUT2D eigenvalue weighted by Gasteiger charge is -2.24. The lowest BCUT2D eigenvalue weighted by molar-refractivity contribution is -0.193. The number of nitrogens with zero attached hydrogens (tertiary/aromatic N) is 5. The molecule has 0 radical (unpaired) electrons. The Morgan fingerprint density at radius 1 is 0.891 bits per heavy atom. The predicted octanol–water partition coefficient (Wildman–Crippen LogP) is 3.91. The fourth-order valence-corrected chi connectivity index (χ4v) is 3.99. The number of benzene rings is 1. The second-order valence-corrected chi connectivity index (χ2v) is 11.0. The number of nitrogens with one attached hydrogen (secondary N) is 2. The largest absolute Gasteiger partial charge is 0.493 e. The third-order valence-corrected chi connectivity index (χ3v) is 6.51. The zero-order valence-corrected chi connectivity index (χ0v) is 28.0. The van der Waals surface area contributed by atoms with Crippen molar-refractivity contribution in [3.8, 4) is 17.0 Å². The van der Waals surface area contributed by atoms with Gasteiger partial charge >= 0.3 is 36.4 Å². The summed E-state index contributed by atoms with van der Waals surface area (Å²) in [6.45, 7) is 1.88. The van der Waals surface area contributed by atoms with Crippen LogP contribution in [0.4, 0.5) is 45.5 Å². The quantitative estimate of drug-likeness (QED) is 0.152. The number of hydrogen-bond acceptors (Lipinski definition) is 11. The third kappa shape index (κ3) is 14.6. The van der Waals surface area contributed by atoms with Gasteiger partial charge in [0.25, 0.3) is 5.91 Å². The minimum absolute atomic E-state index is 0.0203. The minimum Gasteiger partial charge on any atom is -0.493 e. The Morgan fingerprint density at radius 3 is 1.96 bits per heavy atom. The minimum atomic E-state index is -5.08. The van der Waals surface area contributed by atoms with Gasteiger partial charge in [0.15, 0.2) is 5.65 Å². The number of nitrogens with two attached hydrogens (primary N) is 1. The van der Waals surface area contributed by atoms with Crippen LogP contribution in [-0.4, -0.2) is 121 Å². The molecule has 25 heteroatoms. The van der Waals surface area contributed by atoms with Crippen LogP contribution in [0, 0.1) is 0 Å². The molecular weight excluding hydrogens is 771 g/mol. The van der Waals surface area contributed by atoms with Crippen LogP contribution in [0.2, 0.25) is 0 Å². The number of nitrogen functional groups attached to an aromatic ring is 1. The summed E-state index contributed by atoms with van der Waals surface area (Å²) < 4.78 is 101. The number of rotatable bonds is 6. The number of aromatic amines is 1. The van der Waals surface area contributed by atoms with Crippen LogP contribution < -0.4 is 15.8 Å². The van der Waals surface area contributed by atoms with Crippen molar-refractivity contribution in [1.82, 2.24) is 35.1 Å². The summed E-state index contributed by atoms with van der Waals surface area (Å²) >= 11 is 0. The average Bonchev–Trinajstić information content (AvgIpc) is 3.51. The van der Waals surface area contributed by atoms with E-state index in [1.54, 1.807) is 24.5 Å². The van der Waals surface area contributed by atoms with Crippen LogP contribution in [0.15, 0.2) is 42.7 Å². The first-order valence-corrected chi connectivity index (χ1v) is 14.8. The van der Waals surface area contributed by atoms with Gasteiger partial charge in [-0.1, -0.05) is 0 Å². The lowest BCUT2D eigenvalue weighted by Crippen LogP contribution is -2.31. The van der Waals surface area contributed by atoms with Crippen LogP contribution in [-0.2, 0) is 20.8 Å². The molecule has 1 amide bonds. The average molecular weight is 801 g/mol. The number of carboxylic acids is 3. The maximum absolute atomic E-state index is 12.5. The van der Waals surface area contributed by atoms with E-state index in [2.05, 4.69) is 30.2 Å². The molecule has 7 N–H and O–H groups in total. The van der Waals surface area contributed by atoms with E-state index >= 15 is 0 Å². The molecule has 1 atom stereocenters. The number of fused-ring (bicyclic) bond motifs is 2. The van der Waals surface area contributed by atoms with Gasteiger partial charge in [-0.25, -0.2) is 34.3 Å². The van der Waals surface area contributed by atoms with Crippen molar-refractivity contribution in [3.63, 3.8) is 0 Å². The predicted molar refractivity (Wildman–Crippen MR) is 170 cm³/mol. The number of aromatic nitrogens is 5. The highest BCUT2D eigenvalue weighted by Crippen LogP contribution is 2.33. The molecular formula is C30H29F9N8O8. The number of likely N-dealkylation sites (N-methyl/N-ethyl adjacent to an activating group) is 1. The van der Waals surface area contributed by atoms with Gasteiger partial charge in [-0.3, -0.25) is 4.79 Å². The van der Waals surface area contributed by atoms with Crippen LogP contribution in [0.5, 0.6) is 5.75 Å². The molecule has 3 aromatic heterocycles. The van der Waals surface area contributed by atoms with E-state index < -0.39 is 36.4 Å². The van der Waals surface area contributed by atoms with E-state index in [-0.39, 0.29) is 17.8 Å². The van der Waals surface area contributed by atoms with E-state index in [9.17, 15) is 44.3 Å². The molecule has 5 rings (SSSR count). The Labute approximate surface area is 302 Å². The molecule has 0 bridgehead atoms. The zero-order chi connectivity index (χ0) is 41.9. The monoisotopic (exact) mass is 800 g/mol. The molecule has 0 spiro atoms. The van der Waals surface area contributed by atoms with Crippen LogP contribution in [0.1, 0.15) is 27.7 Å². The molecule has 1 aliphatic heterocycles. The fourth-order valence-electron chi connectivity index (χ4n) is 3.99. The molecule has 55 heavy (non-hydrogen) atoms. The second kappa shape index (κ2) is 18.7. The van der Waals surface area contributed by atoms with E-state index in [0.717, 1.165) is 34.8 Å². The van der Waals surface area contributed by atoms with Gasteiger partial charge in [0.1, 0.15) is 11.6 Å². The number of halogens is 9. The highest BCUT2D eigenvalue weighted by molar-refractivity contribution is 5.94. The molecule has 4 heterocycles. The second-order valence-electron chi connectivity index (χ2n) is 11.0. The highest BCUT2D eigenvalue weighted by Gasteiger charge is 2.39. The number of alkyl halides is 9. The van der Waals surface area contributed by atoms with Crippen molar-refractivity contribution in [2.45, 2.75) is 30.9 Å². The molecule has 1 aliphatic rings. The Balaban J connectivity index is 0.000000408. The van der Waals surface area contributed by atoms with E-state index in [0.29, 0.717) is 36.5 Å². The van der Waals surface area contributed by atoms with Gasteiger partial charge in [-0.05, 0) is 56.4 Å². The number of amides is 1. The zero-order valence-electron chi connectivity index (χ0n) is 28.0. The van der Waals surface area contributed by atoms with Gasteiger partial charge in [0, 0.05) is 36.6 Å². The standard InChI is InChI=1S/C24H26N8O2.3C2HF3O2/c1-32(2)8-7-26-23(33)14-3-4-20-15(9-14)10-17(13-34-20)21-29-19-11-16(12-28-22(19)31-21)18-5-6-27-24(25)30-18;3*3-2(4,5)1(6)7/h3-6,9,11-12,17H,7-8,10,13H2,1-2H3,(H,26,33)(H2,25,27,30)(H,28,29,31);3*(H,6,7). The normalized spacial score (nSPS) is 13.7. The topological polar surface area (TPSA) is 247 Å². The summed E-state index contributed by atoms with van der Waals surface area (Å²) in [6.07, 6.45) is -11.2. The van der Waals surface area contributed by atoms with E-state index in [1.165, 1.54) is 0 Å². The number of carbonyl (C=O) groups is 4. The van der Waals surface area contributed by atoms with E-state index in [1.807, 2.05) is 37.2 Å². The van der Waals surface area contributed by atoms with Gasteiger partial charge in [-0.15, -0.1) is 0 Å². The van der Waals surface area contributed by atoms with Gasteiger partial charge in [0.05, 0.1) is 23.7 Å². The Bertz CT molecular complexity index is 1910. The smallest absolute Gasteiger partial charge is 0.490 e. The van der Waals surface area contributed by atoms with Crippen LogP contribution >= 0.6 is 0 Å². The molecule has 1 aromatic carbocycles. The first kappa shape index (κ1) is 44.9. The summed E-state index contributed by atoms with van der Waals surface area (Å²) in [7, 11) is 3.95. The number of carbonyl (C=O) groups excluding carboxylic acids is 1. The van der Waals surface area contributed by atoms with Gasteiger partial charge in [0.2, 0.25) is 5.95 Å². The van der Waals surface area contributed by atoms with Crippen molar-refractivity contribution in [3.05, 3.63) is 59.7 Å². The molecule has 300 valence electrons. The number of aliphatic carboxylic acids is 3. The van der Waals surface area contributed by atoms with E-state index in [4.69, 9.17) is 40.2 Å². The number of pyridine rings is 1. The summed E-state index contributed by atoms with van der Waals surface area (Å²) in [6, 6.07) is 9.32. The van der Waals surface area contributed by atoms with Gasteiger partial charge in [-0.2, -0.15) is 39.5 Å². The molecule has 0 fully saturated rings. The molecule has 16 nitrogen and oxygen atoms in total.